The Morgan fingerprint density at radius 2 is 2.05 bits per heavy atom. The van der Waals surface area contributed by atoms with Gasteiger partial charge in [-0.2, -0.15) is 13.2 Å². The fraction of sp³-hybridized carbons (Fsp3) is 0.308. The molecular formula is C13H12F3NO2. The third-order valence-corrected chi connectivity index (χ3v) is 2.69. The number of hydrogen-bond donors (Lipinski definition) is 0. The highest BCUT2D eigenvalue weighted by Gasteiger charge is 2.27. The molecule has 0 spiro atoms. The van der Waals surface area contributed by atoms with E-state index in [0.717, 1.165) is 11.7 Å². The highest BCUT2D eigenvalue weighted by molar-refractivity contribution is 5.96. The quantitative estimate of drug-likeness (QED) is 0.618. The Balaban J connectivity index is 2.07. The maximum Gasteiger partial charge on any atom is 0.411 e. The Bertz CT molecular complexity index is 575. The van der Waals surface area contributed by atoms with Crippen LogP contribution in [0.5, 0.6) is 0 Å². The summed E-state index contributed by atoms with van der Waals surface area (Å²) >= 11 is 0. The Labute approximate surface area is 107 Å². The molecule has 0 fully saturated rings. The molecule has 0 radical (unpaired) electrons. The predicted octanol–water partition coefficient (Wildman–Crippen LogP) is 3.03. The lowest BCUT2D eigenvalue weighted by atomic mass is 10.1. The minimum Gasteiger partial charge on any atom is -0.370 e. The lowest BCUT2D eigenvalue weighted by Crippen LogP contribution is -2.18. The molecule has 19 heavy (non-hydrogen) atoms. The molecule has 3 nitrogen and oxygen atoms in total. The maximum absolute atomic E-state index is 11.9. The smallest absolute Gasteiger partial charge is 0.370 e. The van der Waals surface area contributed by atoms with Crippen molar-refractivity contribution in [3.8, 4) is 0 Å². The molecule has 0 unspecified atom stereocenters. The van der Waals surface area contributed by atoms with Crippen molar-refractivity contribution in [1.29, 1.82) is 0 Å². The summed E-state index contributed by atoms with van der Waals surface area (Å²) in [7, 11) is 0. The summed E-state index contributed by atoms with van der Waals surface area (Å²) in [5.74, 6) is 0. The summed E-state index contributed by atoms with van der Waals surface area (Å²) < 4.78 is 42.0. The zero-order chi connectivity index (χ0) is 13.9. The third-order valence-electron chi connectivity index (χ3n) is 2.69. The van der Waals surface area contributed by atoms with E-state index in [1.54, 1.807) is 22.9 Å². The molecule has 0 saturated heterocycles. The molecule has 102 valence electrons. The van der Waals surface area contributed by atoms with Crippen molar-refractivity contribution in [2.75, 3.05) is 13.2 Å². The number of alkyl halides is 3. The molecular weight excluding hydrogens is 259 g/mol. The van der Waals surface area contributed by atoms with Crippen molar-refractivity contribution in [2.24, 2.45) is 0 Å². The number of nitrogens with zero attached hydrogens (tertiary/aromatic N) is 1. The van der Waals surface area contributed by atoms with Crippen LogP contribution in [0.4, 0.5) is 13.2 Å². The number of para-hydroxylation sites is 1. The van der Waals surface area contributed by atoms with Gasteiger partial charge in [0, 0.05) is 23.7 Å². The summed E-state index contributed by atoms with van der Waals surface area (Å²) in [5, 5.41) is 0.875. The third kappa shape index (κ3) is 3.35. The van der Waals surface area contributed by atoms with Gasteiger partial charge >= 0.3 is 6.18 Å². The van der Waals surface area contributed by atoms with Gasteiger partial charge in [-0.05, 0) is 12.1 Å². The van der Waals surface area contributed by atoms with Gasteiger partial charge in [0.25, 0.3) is 0 Å². The number of benzene rings is 1. The number of aldehydes is 1. The van der Waals surface area contributed by atoms with Crippen molar-refractivity contribution in [3.05, 3.63) is 36.0 Å². The van der Waals surface area contributed by atoms with Crippen LogP contribution >= 0.6 is 0 Å². The lowest BCUT2D eigenvalue weighted by Gasteiger charge is -2.09. The van der Waals surface area contributed by atoms with Crippen molar-refractivity contribution in [3.63, 3.8) is 0 Å². The maximum atomic E-state index is 11.9. The van der Waals surface area contributed by atoms with Crippen molar-refractivity contribution < 1.29 is 22.7 Å². The van der Waals surface area contributed by atoms with E-state index in [1.807, 2.05) is 12.1 Å². The van der Waals surface area contributed by atoms with E-state index in [2.05, 4.69) is 4.74 Å². The Morgan fingerprint density at radius 1 is 1.26 bits per heavy atom. The number of hydrogen-bond acceptors (Lipinski definition) is 2. The molecule has 0 N–H and O–H groups in total. The van der Waals surface area contributed by atoms with Gasteiger partial charge in [-0.3, -0.25) is 4.79 Å². The predicted molar refractivity (Wildman–Crippen MR) is 64.2 cm³/mol. The minimum absolute atomic E-state index is 0.0590. The van der Waals surface area contributed by atoms with Gasteiger partial charge in [-0.15, -0.1) is 0 Å². The van der Waals surface area contributed by atoms with Crippen LogP contribution in [0.1, 0.15) is 10.4 Å². The number of rotatable bonds is 5. The van der Waals surface area contributed by atoms with Crippen LogP contribution < -0.4 is 0 Å². The summed E-state index contributed by atoms with van der Waals surface area (Å²) in [6.45, 7) is -1.05. The molecule has 2 aromatic rings. The number of ether oxygens (including phenoxy) is 1. The molecule has 0 aliphatic heterocycles. The van der Waals surface area contributed by atoms with Crippen LogP contribution in [0.2, 0.25) is 0 Å². The summed E-state index contributed by atoms with van der Waals surface area (Å²) in [5.41, 5.74) is 1.23. The van der Waals surface area contributed by atoms with Gasteiger partial charge in [0.2, 0.25) is 0 Å². The number of halogens is 3. The van der Waals surface area contributed by atoms with Crippen molar-refractivity contribution >= 4 is 17.2 Å². The monoisotopic (exact) mass is 271 g/mol. The average Bonchev–Trinajstić information content (AvgIpc) is 2.77. The van der Waals surface area contributed by atoms with Gasteiger partial charge < -0.3 is 9.30 Å². The van der Waals surface area contributed by atoms with Crippen LogP contribution in [0.3, 0.4) is 0 Å². The topological polar surface area (TPSA) is 31.2 Å². The first-order valence-corrected chi connectivity index (χ1v) is 5.69. The van der Waals surface area contributed by atoms with Crippen molar-refractivity contribution in [1.82, 2.24) is 4.57 Å². The first-order valence-electron chi connectivity index (χ1n) is 5.69. The molecule has 0 atom stereocenters. The van der Waals surface area contributed by atoms with Gasteiger partial charge in [0.15, 0.2) is 6.29 Å². The molecule has 0 aliphatic rings. The van der Waals surface area contributed by atoms with Gasteiger partial charge in [0.05, 0.1) is 12.1 Å². The summed E-state index contributed by atoms with van der Waals surface area (Å²) in [6.07, 6.45) is -1.85. The Kier molecular flexibility index (Phi) is 3.90. The standard InChI is InChI=1S/C13H12F3NO2/c14-13(15,16)9-19-7-6-17-5-4-10-2-1-3-11(8-18)12(10)17/h1-5,8H,6-7,9H2. The van der Waals surface area contributed by atoms with Crippen LogP contribution in [-0.4, -0.2) is 30.2 Å². The van der Waals surface area contributed by atoms with Crippen LogP contribution in [0.25, 0.3) is 10.9 Å². The van der Waals surface area contributed by atoms with E-state index >= 15 is 0 Å². The molecule has 1 aromatic heterocycles. The molecule has 1 heterocycles. The largest absolute Gasteiger partial charge is 0.411 e. The zero-order valence-corrected chi connectivity index (χ0v) is 9.98. The average molecular weight is 271 g/mol. The minimum atomic E-state index is -4.31. The SMILES string of the molecule is O=Cc1cccc2ccn(CCOCC(F)(F)F)c12. The number of carbonyl (C=O) groups excluding carboxylic acids is 1. The first-order chi connectivity index (χ1) is 9.01. The summed E-state index contributed by atoms with van der Waals surface area (Å²) in [4.78, 5) is 10.9. The van der Waals surface area contributed by atoms with E-state index < -0.39 is 12.8 Å². The molecule has 0 aliphatic carbocycles. The van der Waals surface area contributed by atoms with Crippen LogP contribution in [0, 0.1) is 0 Å². The molecule has 6 heteroatoms. The number of aromatic nitrogens is 1. The van der Waals surface area contributed by atoms with Crippen molar-refractivity contribution in [2.45, 2.75) is 12.7 Å². The van der Waals surface area contributed by atoms with E-state index in [-0.39, 0.29) is 13.2 Å². The second kappa shape index (κ2) is 5.44. The van der Waals surface area contributed by atoms with Crippen LogP contribution in [-0.2, 0) is 11.3 Å². The lowest BCUT2D eigenvalue weighted by molar-refractivity contribution is -0.174. The van der Waals surface area contributed by atoms with Gasteiger partial charge in [-0.25, -0.2) is 0 Å². The molecule has 0 amide bonds. The van der Waals surface area contributed by atoms with E-state index in [1.165, 1.54) is 0 Å². The van der Waals surface area contributed by atoms with Gasteiger partial charge in [-0.1, -0.05) is 12.1 Å². The highest BCUT2D eigenvalue weighted by Crippen LogP contribution is 2.19. The molecule has 0 saturated carbocycles. The molecule has 0 bridgehead atoms. The first kappa shape index (κ1) is 13.6. The van der Waals surface area contributed by atoms with E-state index in [0.29, 0.717) is 11.1 Å². The number of fused-ring (bicyclic) bond motifs is 1. The normalized spacial score (nSPS) is 11.9. The molecule has 2 rings (SSSR count). The van der Waals surface area contributed by atoms with Gasteiger partial charge in [0.1, 0.15) is 6.61 Å². The zero-order valence-electron chi connectivity index (χ0n) is 9.98. The highest BCUT2D eigenvalue weighted by atomic mass is 19.4. The fourth-order valence-corrected chi connectivity index (χ4v) is 1.92. The fourth-order valence-electron chi connectivity index (χ4n) is 1.92. The second-order valence-corrected chi connectivity index (χ2v) is 4.08. The Morgan fingerprint density at radius 3 is 2.74 bits per heavy atom. The molecule has 1 aromatic carbocycles. The Hall–Kier alpha value is -1.82. The summed E-state index contributed by atoms with van der Waals surface area (Å²) in [6, 6.07) is 7.08. The number of carbonyl (C=O) groups is 1. The van der Waals surface area contributed by atoms with E-state index in [4.69, 9.17) is 0 Å². The van der Waals surface area contributed by atoms with E-state index in [9.17, 15) is 18.0 Å². The van der Waals surface area contributed by atoms with Crippen LogP contribution in [0.15, 0.2) is 30.5 Å². The second-order valence-electron chi connectivity index (χ2n) is 4.08.